The Morgan fingerprint density at radius 2 is 1.92 bits per heavy atom. The second-order valence-corrected chi connectivity index (χ2v) is 7.61. The molecule has 5 nitrogen and oxygen atoms in total. The Kier molecular flexibility index (Phi) is 4.87. The quantitative estimate of drug-likeness (QED) is 0.921. The predicted octanol–water partition coefficient (Wildman–Crippen LogP) is 3.46. The van der Waals surface area contributed by atoms with Gasteiger partial charge in [-0.05, 0) is 55.7 Å². The van der Waals surface area contributed by atoms with Gasteiger partial charge in [-0.25, -0.2) is 9.97 Å². The lowest BCUT2D eigenvalue weighted by atomic mass is 9.86. The van der Waals surface area contributed by atoms with Crippen molar-refractivity contribution in [1.82, 2.24) is 9.97 Å². The fraction of sp³-hybridized carbons (Fsp3) is 0.476. The fourth-order valence-corrected chi connectivity index (χ4v) is 3.85. The maximum Gasteiger partial charge on any atom is 0.227 e. The minimum absolute atomic E-state index is 0.00649. The van der Waals surface area contributed by atoms with Gasteiger partial charge in [0.25, 0.3) is 0 Å². The number of piperidine rings is 1. The largest absolute Gasteiger partial charge is 0.341 e. The lowest BCUT2D eigenvalue weighted by Crippen LogP contribution is -2.35. The summed E-state index contributed by atoms with van der Waals surface area (Å²) in [6.45, 7) is 4.40. The number of hydrogen-bond donors (Lipinski definition) is 1. The van der Waals surface area contributed by atoms with Crippen molar-refractivity contribution in [1.29, 1.82) is 0 Å². The van der Waals surface area contributed by atoms with E-state index in [-0.39, 0.29) is 11.8 Å². The third-order valence-corrected chi connectivity index (χ3v) is 5.62. The van der Waals surface area contributed by atoms with Gasteiger partial charge >= 0.3 is 0 Å². The van der Waals surface area contributed by atoms with Crippen molar-refractivity contribution < 1.29 is 4.79 Å². The van der Waals surface area contributed by atoms with Gasteiger partial charge in [-0.15, -0.1) is 0 Å². The first kappa shape index (κ1) is 17.0. The molecule has 1 amide bonds. The number of anilines is 2. The Hall–Kier alpha value is -2.43. The van der Waals surface area contributed by atoms with Crippen LogP contribution in [0.2, 0.25) is 0 Å². The Balaban J connectivity index is 1.42. The number of hydrogen-bond acceptors (Lipinski definition) is 4. The molecular formula is C21H26N4O. The predicted molar refractivity (Wildman–Crippen MR) is 103 cm³/mol. The molecule has 1 saturated heterocycles. The highest BCUT2D eigenvalue weighted by Crippen LogP contribution is 2.27. The van der Waals surface area contributed by atoms with Crippen LogP contribution in [0.25, 0.3) is 0 Å². The molecule has 1 aliphatic heterocycles. The molecule has 1 aliphatic carbocycles. The van der Waals surface area contributed by atoms with Gasteiger partial charge in [-0.1, -0.05) is 25.1 Å². The topological polar surface area (TPSA) is 58.1 Å². The number of aryl methyl sites for hydroxylation is 1. The van der Waals surface area contributed by atoms with Crippen molar-refractivity contribution in [3.05, 3.63) is 47.8 Å². The van der Waals surface area contributed by atoms with Crippen molar-refractivity contribution in [2.24, 2.45) is 11.8 Å². The fourth-order valence-electron chi connectivity index (χ4n) is 3.85. The second kappa shape index (κ2) is 7.44. The number of fused-ring (bicyclic) bond motifs is 1. The normalized spacial score (nSPS) is 20.5. The number of para-hydroxylation sites is 1. The molecule has 1 atom stereocenters. The summed E-state index contributed by atoms with van der Waals surface area (Å²) in [6, 6.07) is 9.66. The van der Waals surface area contributed by atoms with Crippen LogP contribution < -0.4 is 10.2 Å². The standard InChI is InChI=1S/C21H26N4O/c1-15-9-11-25(12-10-15)21-22-14-17-13-16(7-8-19(17)24-21)20(26)23-18-5-3-2-4-6-18/h2-6,14-16H,7-13H2,1H3,(H,23,26)/t16-/m0/s1. The molecule has 4 rings (SSSR count). The highest BCUT2D eigenvalue weighted by atomic mass is 16.1. The van der Waals surface area contributed by atoms with Gasteiger partial charge in [-0.2, -0.15) is 0 Å². The first-order valence-electron chi connectivity index (χ1n) is 9.64. The third-order valence-electron chi connectivity index (χ3n) is 5.62. The van der Waals surface area contributed by atoms with E-state index in [1.54, 1.807) is 0 Å². The summed E-state index contributed by atoms with van der Waals surface area (Å²) < 4.78 is 0. The van der Waals surface area contributed by atoms with Crippen LogP contribution in [0.5, 0.6) is 0 Å². The average molecular weight is 350 g/mol. The molecule has 1 N–H and O–H groups in total. The average Bonchev–Trinajstić information content (AvgIpc) is 2.68. The molecule has 2 aromatic rings. The molecule has 5 heteroatoms. The van der Waals surface area contributed by atoms with Gasteiger partial charge < -0.3 is 10.2 Å². The summed E-state index contributed by atoms with van der Waals surface area (Å²) in [5.41, 5.74) is 3.10. The first-order chi connectivity index (χ1) is 12.7. The monoisotopic (exact) mass is 350 g/mol. The molecule has 1 aromatic heterocycles. The Morgan fingerprint density at radius 1 is 1.15 bits per heavy atom. The van der Waals surface area contributed by atoms with E-state index in [1.807, 2.05) is 36.5 Å². The number of nitrogens with one attached hydrogen (secondary N) is 1. The number of benzene rings is 1. The van der Waals surface area contributed by atoms with Crippen LogP contribution in [0.1, 0.15) is 37.4 Å². The summed E-state index contributed by atoms with van der Waals surface area (Å²) in [5.74, 6) is 1.75. The van der Waals surface area contributed by atoms with Crippen molar-refractivity contribution in [2.45, 2.75) is 39.0 Å². The number of nitrogens with zero attached hydrogens (tertiary/aromatic N) is 3. The van der Waals surface area contributed by atoms with Gasteiger partial charge in [-0.3, -0.25) is 4.79 Å². The zero-order chi connectivity index (χ0) is 17.9. The van der Waals surface area contributed by atoms with Crippen LogP contribution in [0.3, 0.4) is 0 Å². The SMILES string of the molecule is CC1CCN(c2ncc3c(n2)CC[C@H](C(=O)Nc2ccccc2)C3)CC1. The van der Waals surface area contributed by atoms with E-state index in [9.17, 15) is 4.79 Å². The van der Waals surface area contributed by atoms with E-state index in [0.717, 1.165) is 61.2 Å². The number of carbonyl (C=O) groups excluding carboxylic acids is 1. The highest BCUT2D eigenvalue weighted by molar-refractivity contribution is 5.92. The lowest BCUT2D eigenvalue weighted by molar-refractivity contribution is -0.120. The molecule has 26 heavy (non-hydrogen) atoms. The summed E-state index contributed by atoms with van der Waals surface area (Å²) in [5, 5.41) is 3.02. The van der Waals surface area contributed by atoms with Gasteiger partial charge in [0.1, 0.15) is 0 Å². The number of carbonyl (C=O) groups is 1. The molecule has 2 heterocycles. The van der Waals surface area contributed by atoms with Crippen molar-refractivity contribution in [3.63, 3.8) is 0 Å². The van der Waals surface area contributed by atoms with E-state index < -0.39 is 0 Å². The maximum absolute atomic E-state index is 12.6. The summed E-state index contributed by atoms with van der Waals surface area (Å²) in [6.07, 6.45) is 6.79. The third kappa shape index (κ3) is 3.71. The zero-order valence-corrected chi connectivity index (χ0v) is 15.3. The molecule has 0 spiro atoms. The molecule has 1 aromatic carbocycles. The summed E-state index contributed by atoms with van der Waals surface area (Å²) >= 11 is 0. The van der Waals surface area contributed by atoms with Crippen LogP contribution in [0, 0.1) is 11.8 Å². The molecular weight excluding hydrogens is 324 g/mol. The molecule has 0 radical (unpaired) electrons. The molecule has 2 aliphatic rings. The van der Waals surface area contributed by atoms with Crippen LogP contribution in [-0.4, -0.2) is 29.0 Å². The van der Waals surface area contributed by atoms with Crippen LogP contribution in [0.15, 0.2) is 36.5 Å². The van der Waals surface area contributed by atoms with Crippen molar-refractivity contribution in [2.75, 3.05) is 23.3 Å². The van der Waals surface area contributed by atoms with Gasteiger partial charge in [0, 0.05) is 36.6 Å². The lowest BCUT2D eigenvalue weighted by Gasteiger charge is -2.31. The second-order valence-electron chi connectivity index (χ2n) is 7.61. The van der Waals surface area contributed by atoms with E-state index >= 15 is 0 Å². The molecule has 1 fully saturated rings. The number of aromatic nitrogens is 2. The smallest absolute Gasteiger partial charge is 0.227 e. The molecule has 0 unspecified atom stereocenters. The van der Waals surface area contributed by atoms with Crippen LogP contribution in [0.4, 0.5) is 11.6 Å². The molecule has 0 bridgehead atoms. The van der Waals surface area contributed by atoms with Gasteiger partial charge in [0.2, 0.25) is 11.9 Å². The minimum atomic E-state index is -0.00649. The zero-order valence-electron chi connectivity index (χ0n) is 15.3. The van der Waals surface area contributed by atoms with E-state index in [0.29, 0.717) is 0 Å². The van der Waals surface area contributed by atoms with Gasteiger partial charge in [0.15, 0.2) is 0 Å². The van der Waals surface area contributed by atoms with Gasteiger partial charge in [0.05, 0.1) is 0 Å². The van der Waals surface area contributed by atoms with Crippen molar-refractivity contribution in [3.8, 4) is 0 Å². The molecule has 136 valence electrons. The Morgan fingerprint density at radius 3 is 2.69 bits per heavy atom. The van der Waals surface area contributed by atoms with Crippen molar-refractivity contribution >= 4 is 17.5 Å². The van der Waals surface area contributed by atoms with E-state index in [4.69, 9.17) is 4.98 Å². The molecule has 0 saturated carbocycles. The maximum atomic E-state index is 12.6. The minimum Gasteiger partial charge on any atom is -0.341 e. The number of amides is 1. The van der Waals surface area contributed by atoms with E-state index in [1.165, 1.54) is 12.8 Å². The Bertz CT molecular complexity index is 769. The highest BCUT2D eigenvalue weighted by Gasteiger charge is 2.27. The number of rotatable bonds is 3. The van der Waals surface area contributed by atoms with Crippen LogP contribution in [-0.2, 0) is 17.6 Å². The first-order valence-corrected chi connectivity index (χ1v) is 9.64. The van der Waals surface area contributed by atoms with Crippen LogP contribution >= 0.6 is 0 Å². The Labute approximate surface area is 154 Å². The summed E-state index contributed by atoms with van der Waals surface area (Å²) in [4.78, 5) is 24.3. The summed E-state index contributed by atoms with van der Waals surface area (Å²) in [7, 11) is 0. The van der Waals surface area contributed by atoms with E-state index in [2.05, 4.69) is 22.1 Å².